The molecule has 0 bridgehead atoms. The molecule has 1 aliphatic rings. The number of aromatic amines is 1. The number of rotatable bonds is 1. The molecular weight excluding hydrogens is 202 g/mol. The predicted octanol–water partition coefficient (Wildman–Crippen LogP) is 1.71. The van der Waals surface area contributed by atoms with Crippen LogP contribution in [0.5, 0.6) is 0 Å². The molecule has 0 atom stereocenters. The minimum absolute atomic E-state index is 0.811. The molecule has 0 aromatic carbocycles. The Morgan fingerprint density at radius 1 is 1.38 bits per heavy atom. The largest absolute Gasteiger partial charge is 0.378 e. The van der Waals surface area contributed by atoms with E-state index in [4.69, 9.17) is 4.74 Å². The van der Waals surface area contributed by atoms with Gasteiger partial charge in [0.1, 0.15) is 5.65 Å². The lowest BCUT2D eigenvalue weighted by Gasteiger charge is -2.28. The Morgan fingerprint density at radius 3 is 3.00 bits per heavy atom. The molecule has 0 aliphatic carbocycles. The molecule has 2 aromatic heterocycles. The van der Waals surface area contributed by atoms with Gasteiger partial charge in [-0.3, -0.25) is 0 Å². The van der Waals surface area contributed by atoms with Crippen molar-refractivity contribution in [3.63, 3.8) is 0 Å². The molecule has 0 saturated carbocycles. The monoisotopic (exact) mass is 217 g/mol. The fourth-order valence-corrected chi connectivity index (χ4v) is 2.16. The summed E-state index contributed by atoms with van der Waals surface area (Å²) in [6.07, 6.45) is 3.93. The van der Waals surface area contributed by atoms with Crippen molar-refractivity contribution in [3.05, 3.63) is 24.0 Å². The van der Waals surface area contributed by atoms with Crippen LogP contribution in [0.1, 0.15) is 5.56 Å². The van der Waals surface area contributed by atoms with Gasteiger partial charge in [-0.15, -0.1) is 0 Å². The van der Waals surface area contributed by atoms with E-state index in [1.165, 1.54) is 16.6 Å². The zero-order chi connectivity index (χ0) is 11.0. The fourth-order valence-electron chi connectivity index (χ4n) is 2.16. The summed E-state index contributed by atoms with van der Waals surface area (Å²) < 4.78 is 5.37. The molecule has 4 nitrogen and oxygen atoms in total. The Hall–Kier alpha value is -1.55. The first-order valence-electron chi connectivity index (χ1n) is 5.61. The predicted molar refractivity (Wildman–Crippen MR) is 63.9 cm³/mol. The van der Waals surface area contributed by atoms with Crippen molar-refractivity contribution in [2.75, 3.05) is 31.2 Å². The molecule has 4 heteroatoms. The Morgan fingerprint density at radius 2 is 2.19 bits per heavy atom. The highest BCUT2D eigenvalue weighted by Gasteiger charge is 2.15. The second-order valence-electron chi connectivity index (χ2n) is 4.18. The van der Waals surface area contributed by atoms with Gasteiger partial charge in [0.25, 0.3) is 0 Å². The van der Waals surface area contributed by atoms with Gasteiger partial charge in [-0.2, -0.15) is 0 Å². The average molecular weight is 217 g/mol. The van der Waals surface area contributed by atoms with Gasteiger partial charge in [0.05, 0.1) is 18.9 Å². The van der Waals surface area contributed by atoms with Crippen LogP contribution in [-0.2, 0) is 4.74 Å². The zero-order valence-corrected chi connectivity index (χ0v) is 9.36. The van der Waals surface area contributed by atoms with Gasteiger partial charge in [0, 0.05) is 30.9 Å². The number of anilines is 1. The molecule has 0 unspecified atom stereocenters. The molecule has 3 heterocycles. The first-order valence-corrected chi connectivity index (χ1v) is 5.61. The van der Waals surface area contributed by atoms with Gasteiger partial charge in [0.2, 0.25) is 0 Å². The van der Waals surface area contributed by atoms with Crippen molar-refractivity contribution >= 4 is 16.7 Å². The molecule has 16 heavy (non-hydrogen) atoms. The van der Waals surface area contributed by atoms with Crippen LogP contribution in [0, 0.1) is 6.92 Å². The van der Waals surface area contributed by atoms with E-state index in [0.717, 1.165) is 32.0 Å². The summed E-state index contributed by atoms with van der Waals surface area (Å²) in [6, 6.07) is 2.18. The minimum Gasteiger partial charge on any atom is -0.378 e. The van der Waals surface area contributed by atoms with E-state index in [-0.39, 0.29) is 0 Å². The van der Waals surface area contributed by atoms with Crippen LogP contribution < -0.4 is 4.90 Å². The quantitative estimate of drug-likeness (QED) is 0.790. The van der Waals surface area contributed by atoms with E-state index in [0.29, 0.717) is 0 Å². The molecule has 1 aliphatic heterocycles. The van der Waals surface area contributed by atoms with Crippen LogP contribution in [0.2, 0.25) is 0 Å². The first kappa shape index (κ1) is 9.66. The van der Waals surface area contributed by atoms with Crippen LogP contribution in [0.15, 0.2) is 18.5 Å². The number of aryl methyl sites for hydroxylation is 1. The molecule has 0 spiro atoms. The number of aromatic nitrogens is 2. The molecule has 0 radical (unpaired) electrons. The number of pyridine rings is 1. The second-order valence-corrected chi connectivity index (χ2v) is 4.18. The maximum Gasteiger partial charge on any atom is 0.139 e. The number of morpholine rings is 1. The summed E-state index contributed by atoms with van der Waals surface area (Å²) in [7, 11) is 0. The van der Waals surface area contributed by atoms with Gasteiger partial charge >= 0.3 is 0 Å². The fraction of sp³-hybridized carbons (Fsp3) is 0.417. The Labute approximate surface area is 94.2 Å². The van der Waals surface area contributed by atoms with Gasteiger partial charge in [-0.05, 0) is 18.6 Å². The van der Waals surface area contributed by atoms with E-state index in [2.05, 4.69) is 27.9 Å². The standard InChI is InChI=1S/C12H15N3O/c1-9-6-10-11(8-14-12(10)13-7-9)15-2-4-16-5-3-15/h6-8H,2-5H2,1H3,(H,13,14). The number of ether oxygens (including phenoxy) is 1. The third-order valence-electron chi connectivity index (χ3n) is 3.00. The van der Waals surface area contributed by atoms with Crippen molar-refractivity contribution in [3.8, 4) is 0 Å². The minimum atomic E-state index is 0.811. The summed E-state index contributed by atoms with van der Waals surface area (Å²) in [6.45, 7) is 5.61. The summed E-state index contributed by atoms with van der Waals surface area (Å²) in [5.41, 5.74) is 3.41. The van der Waals surface area contributed by atoms with E-state index >= 15 is 0 Å². The van der Waals surface area contributed by atoms with Gasteiger partial charge in [0.15, 0.2) is 0 Å². The number of nitrogens with one attached hydrogen (secondary N) is 1. The van der Waals surface area contributed by atoms with Crippen molar-refractivity contribution in [2.24, 2.45) is 0 Å². The smallest absolute Gasteiger partial charge is 0.139 e. The van der Waals surface area contributed by atoms with Gasteiger partial charge in [-0.1, -0.05) is 0 Å². The molecule has 84 valence electrons. The zero-order valence-electron chi connectivity index (χ0n) is 9.36. The Kier molecular flexibility index (Phi) is 2.29. The van der Waals surface area contributed by atoms with Gasteiger partial charge in [-0.25, -0.2) is 4.98 Å². The molecule has 1 fully saturated rings. The average Bonchev–Trinajstić information content (AvgIpc) is 2.73. The molecule has 1 N–H and O–H groups in total. The Bertz CT molecular complexity index is 500. The van der Waals surface area contributed by atoms with Crippen LogP contribution in [0.3, 0.4) is 0 Å². The maximum atomic E-state index is 5.37. The summed E-state index contributed by atoms with van der Waals surface area (Å²) in [4.78, 5) is 9.95. The molecule has 1 saturated heterocycles. The van der Waals surface area contributed by atoms with E-state index in [1.54, 1.807) is 0 Å². The molecule has 2 aromatic rings. The number of H-pyrrole nitrogens is 1. The lowest BCUT2D eigenvalue weighted by Crippen LogP contribution is -2.36. The lowest BCUT2D eigenvalue weighted by atomic mass is 10.2. The van der Waals surface area contributed by atoms with Crippen LogP contribution in [0.4, 0.5) is 5.69 Å². The van der Waals surface area contributed by atoms with Crippen LogP contribution >= 0.6 is 0 Å². The molecule has 3 rings (SSSR count). The van der Waals surface area contributed by atoms with Crippen LogP contribution in [-0.4, -0.2) is 36.3 Å². The summed E-state index contributed by atoms with van der Waals surface area (Å²) in [5.74, 6) is 0. The van der Waals surface area contributed by atoms with E-state index < -0.39 is 0 Å². The number of hydrogen-bond donors (Lipinski definition) is 1. The highest BCUT2D eigenvalue weighted by Crippen LogP contribution is 2.26. The van der Waals surface area contributed by atoms with E-state index in [1.807, 2.05) is 12.4 Å². The first-order chi connectivity index (χ1) is 7.84. The molecule has 0 amide bonds. The van der Waals surface area contributed by atoms with Crippen molar-refractivity contribution in [1.82, 2.24) is 9.97 Å². The molecular formula is C12H15N3O. The topological polar surface area (TPSA) is 41.2 Å². The third-order valence-corrected chi connectivity index (χ3v) is 3.00. The maximum absolute atomic E-state index is 5.37. The third kappa shape index (κ3) is 1.55. The summed E-state index contributed by atoms with van der Waals surface area (Å²) in [5, 5.41) is 1.21. The summed E-state index contributed by atoms with van der Waals surface area (Å²) >= 11 is 0. The van der Waals surface area contributed by atoms with Gasteiger partial charge < -0.3 is 14.6 Å². The highest BCUT2D eigenvalue weighted by atomic mass is 16.5. The van der Waals surface area contributed by atoms with Crippen molar-refractivity contribution < 1.29 is 4.74 Å². The second kappa shape index (κ2) is 3.79. The number of nitrogens with zero attached hydrogens (tertiary/aromatic N) is 2. The lowest BCUT2D eigenvalue weighted by molar-refractivity contribution is 0.123. The van der Waals surface area contributed by atoms with E-state index in [9.17, 15) is 0 Å². The normalized spacial score (nSPS) is 16.9. The van der Waals surface area contributed by atoms with Crippen LogP contribution in [0.25, 0.3) is 11.0 Å². The SMILES string of the molecule is Cc1cnc2[nH]cc(N3CCOCC3)c2c1. The highest BCUT2D eigenvalue weighted by molar-refractivity contribution is 5.90. The van der Waals surface area contributed by atoms with Crippen molar-refractivity contribution in [2.45, 2.75) is 6.92 Å². The van der Waals surface area contributed by atoms with Crippen molar-refractivity contribution in [1.29, 1.82) is 0 Å². The number of hydrogen-bond acceptors (Lipinski definition) is 3. The number of fused-ring (bicyclic) bond motifs is 1. The Balaban J connectivity index is 2.05.